The Morgan fingerprint density at radius 2 is 2.24 bits per heavy atom. The maximum atomic E-state index is 12.1. The van der Waals surface area contributed by atoms with E-state index in [0.717, 1.165) is 0 Å². The minimum Gasteiger partial charge on any atom is -0.462 e. The highest BCUT2D eigenvalue weighted by Gasteiger charge is 2.17. The van der Waals surface area contributed by atoms with Gasteiger partial charge in [-0.3, -0.25) is 4.79 Å². The van der Waals surface area contributed by atoms with Gasteiger partial charge in [0, 0.05) is 28.0 Å². The number of aromatic nitrogens is 2. The molecule has 0 atom stereocenters. The van der Waals surface area contributed by atoms with Gasteiger partial charge in [0.2, 0.25) is 0 Å². The number of nitrogens with one attached hydrogen (secondary N) is 2. The fourth-order valence-corrected chi connectivity index (χ4v) is 2.39. The van der Waals surface area contributed by atoms with Crippen LogP contribution in [0.5, 0.6) is 0 Å². The molecule has 2 N–H and O–H groups in total. The van der Waals surface area contributed by atoms with Crippen molar-refractivity contribution in [2.24, 2.45) is 0 Å². The minimum absolute atomic E-state index is 0.266. The zero-order chi connectivity index (χ0) is 15.0. The van der Waals surface area contributed by atoms with Gasteiger partial charge in [0.25, 0.3) is 5.56 Å². The summed E-state index contributed by atoms with van der Waals surface area (Å²) in [6.07, 6.45) is 6.90. The van der Waals surface area contributed by atoms with E-state index in [1.54, 1.807) is 25.1 Å². The predicted molar refractivity (Wildman–Crippen MR) is 80.3 cm³/mol. The number of terminal acetylenes is 1. The highest BCUT2D eigenvalue weighted by Crippen LogP contribution is 2.26. The Morgan fingerprint density at radius 3 is 2.95 bits per heavy atom. The average Bonchev–Trinajstić information content (AvgIpc) is 2.93. The first-order valence-corrected chi connectivity index (χ1v) is 6.46. The van der Waals surface area contributed by atoms with Gasteiger partial charge < -0.3 is 14.7 Å². The molecule has 3 aromatic rings. The Kier molecular flexibility index (Phi) is 2.99. The molecule has 0 aliphatic rings. The SMILES string of the molecule is C#Cc1ccc2[nH]c(=O)c3[nH]cc(C(=O)OCC)c3c2c1. The van der Waals surface area contributed by atoms with E-state index >= 15 is 0 Å². The summed E-state index contributed by atoms with van der Waals surface area (Å²) in [4.78, 5) is 29.7. The van der Waals surface area contributed by atoms with Gasteiger partial charge in [0.05, 0.1) is 12.2 Å². The predicted octanol–water partition coefficient (Wildman–Crippen LogP) is 2.17. The van der Waals surface area contributed by atoms with Crippen molar-refractivity contribution in [1.82, 2.24) is 9.97 Å². The van der Waals surface area contributed by atoms with E-state index in [9.17, 15) is 9.59 Å². The lowest BCUT2D eigenvalue weighted by atomic mass is 10.1. The number of hydrogen-bond acceptors (Lipinski definition) is 3. The molecule has 21 heavy (non-hydrogen) atoms. The molecule has 0 amide bonds. The number of rotatable bonds is 2. The lowest BCUT2D eigenvalue weighted by Gasteiger charge is -2.04. The summed E-state index contributed by atoms with van der Waals surface area (Å²) in [7, 11) is 0. The third kappa shape index (κ3) is 1.98. The fourth-order valence-electron chi connectivity index (χ4n) is 2.39. The van der Waals surface area contributed by atoms with Crippen LogP contribution in [0.15, 0.2) is 29.2 Å². The van der Waals surface area contributed by atoms with Crippen molar-refractivity contribution in [2.45, 2.75) is 6.92 Å². The van der Waals surface area contributed by atoms with Gasteiger partial charge in [-0.2, -0.15) is 0 Å². The molecule has 3 rings (SSSR count). The molecule has 1 aromatic carbocycles. The first-order valence-electron chi connectivity index (χ1n) is 6.46. The second-order valence-corrected chi connectivity index (χ2v) is 4.53. The Morgan fingerprint density at radius 1 is 1.43 bits per heavy atom. The van der Waals surface area contributed by atoms with Crippen molar-refractivity contribution in [3.8, 4) is 12.3 Å². The molecular formula is C16H12N2O3. The summed E-state index contributed by atoms with van der Waals surface area (Å²) in [5.74, 6) is 2.08. The number of carbonyl (C=O) groups is 1. The van der Waals surface area contributed by atoms with Crippen LogP contribution in [0.1, 0.15) is 22.8 Å². The van der Waals surface area contributed by atoms with Gasteiger partial charge in [-0.1, -0.05) is 5.92 Å². The van der Waals surface area contributed by atoms with Crippen LogP contribution in [0.3, 0.4) is 0 Å². The van der Waals surface area contributed by atoms with E-state index in [1.807, 2.05) is 0 Å². The van der Waals surface area contributed by atoms with E-state index in [-0.39, 0.29) is 12.2 Å². The molecule has 0 radical (unpaired) electrons. The number of carbonyl (C=O) groups excluding carboxylic acids is 1. The van der Waals surface area contributed by atoms with Crippen LogP contribution in [0.25, 0.3) is 21.8 Å². The maximum Gasteiger partial charge on any atom is 0.340 e. The summed E-state index contributed by atoms with van der Waals surface area (Å²) in [6.45, 7) is 2.00. The Bertz CT molecular complexity index is 957. The van der Waals surface area contributed by atoms with Gasteiger partial charge >= 0.3 is 5.97 Å². The molecule has 0 spiro atoms. The number of ether oxygens (including phenoxy) is 1. The molecule has 0 bridgehead atoms. The molecule has 104 valence electrons. The van der Waals surface area contributed by atoms with Crippen LogP contribution in [0.4, 0.5) is 0 Å². The third-order valence-corrected chi connectivity index (χ3v) is 3.31. The molecule has 0 aliphatic heterocycles. The topological polar surface area (TPSA) is 75.0 Å². The zero-order valence-corrected chi connectivity index (χ0v) is 11.3. The number of H-pyrrole nitrogens is 2. The number of aromatic amines is 2. The van der Waals surface area contributed by atoms with Gasteiger partial charge in [0.15, 0.2) is 0 Å². The van der Waals surface area contributed by atoms with Crippen molar-refractivity contribution in [3.05, 3.63) is 45.9 Å². The summed E-state index contributed by atoms with van der Waals surface area (Å²) in [6, 6.07) is 5.23. The van der Waals surface area contributed by atoms with Crippen molar-refractivity contribution in [1.29, 1.82) is 0 Å². The van der Waals surface area contributed by atoms with Gasteiger partial charge in [-0.05, 0) is 25.1 Å². The van der Waals surface area contributed by atoms with Crippen molar-refractivity contribution < 1.29 is 9.53 Å². The number of benzene rings is 1. The number of fused-ring (bicyclic) bond motifs is 3. The van der Waals surface area contributed by atoms with Crippen LogP contribution in [0.2, 0.25) is 0 Å². The van der Waals surface area contributed by atoms with E-state index in [1.165, 1.54) is 6.20 Å². The van der Waals surface area contributed by atoms with Crippen LogP contribution >= 0.6 is 0 Å². The first-order chi connectivity index (χ1) is 10.2. The Balaban J connectivity index is 2.44. The minimum atomic E-state index is -0.471. The number of hydrogen-bond donors (Lipinski definition) is 2. The summed E-state index contributed by atoms with van der Waals surface area (Å²) in [5.41, 5.74) is 1.67. The van der Waals surface area contributed by atoms with Gasteiger partial charge in [-0.25, -0.2) is 4.79 Å². The smallest absolute Gasteiger partial charge is 0.340 e. The molecule has 5 heteroatoms. The number of pyridine rings is 1. The van der Waals surface area contributed by atoms with Crippen LogP contribution in [-0.4, -0.2) is 22.5 Å². The average molecular weight is 280 g/mol. The number of esters is 1. The molecule has 0 aliphatic carbocycles. The van der Waals surface area contributed by atoms with Crippen molar-refractivity contribution >= 4 is 27.8 Å². The third-order valence-electron chi connectivity index (χ3n) is 3.31. The fraction of sp³-hybridized carbons (Fsp3) is 0.125. The van der Waals surface area contributed by atoms with Crippen LogP contribution in [0, 0.1) is 12.3 Å². The second-order valence-electron chi connectivity index (χ2n) is 4.53. The summed E-state index contributed by atoms with van der Waals surface area (Å²) < 4.78 is 5.03. The molecule has 5 nitrogen and oxygen atoms in total. The normalized spacial score (nSPS) is 10.7. The van der Waals surface area contributed by atoms with Crippen molar-refractivity contribution in [3.63, 3.8) is 0 Å². The van der Waals surface area contributed by atoms with Gasteiger partial charge in [-0.15, -0.1) is 6.42 Å². The molecule has 2 aromatic heterocycles. The molecule has 2 heterocycles. The summed E-state index contributed by atoms with van der Waals surface area (Å²) >= 11 is 0. The zero-order valence-electron chi connectivity index (χ0n) is 11.3. The monoisotopic (exact) mass is 280 g/mol. The summed E-state index contributed by atoms with van der Waals surface area (Å²) in [5, 5.41) is 1.24. The lowest BCUT2D eigenvalue weighted by molar-refractivity contribution is 0.0529. The molecule has 0 fully saturated rings. The quantitative estimate of drug-likeness (QED) is 0.558. The standard InChI is InChI=1S/C16H12N2O3/c1-3-9-5-6-12-10(7-9)13-11(16(20)21-4-2)8-17-14(13)15(19)18-12/h1,5-8,17H,4H2,2H3,(H,18,19). The van der Waals surface area contributed by atoms with E-state index in [4.69, 9.17) is 11.2 Å². The van der Waals surface area contributed by atoms with Gasteiger partial charge in [0.1, 0.15) is 5.52 Å². The molecule has 0 saturated carbocycles. The van der Waals surface area contributed by atoms with E-state index < -0.39 is 5.97 Å². The molecule has 0 unspecified atom stereocenters. The van der Waals surface area contributed by atoms with E-state index in [0.29, 0.717) is 32.9 Å². The highest BCUT2D eigenvalue weighted by molar-refractivity contribution is 6.15. The molecular weight excluding hydrogens is 268 g/mol. The van der Waals surface area contributed by atoms with Crippen LogP contribution < -0.4 is 5.56 Å². The van der Waals surface area contributed by atoms with E-state index in [2.05, 4.69) is 15.9 Å². The first kappa shape index (κ1) is 13.0. The molecule has 0 saturated heterocycles. The Labute approximate surface area is 119 Å². The second kappa shape index (κ2) is 4.84. The largest absolute Gasteiger partial charge is 0.462 e. The highest BCUT2D eigenvalue weighted by atomic mass is 16.5. The lowest BCUT2D eigenvalue weighted by Crippen LogP contribution is -2.08. The maximum absolute atomic E-state index is 12.1. The van der Waals surface area contributed by atoms with Crippen molar-refractivity contribution in [2.75, 3.05) is 6.61 Å². The van der Waals surface area contributed by atoms with Crippen LogP contribution in [-0.2, 0) is 4.74 Å². The Hall–Kier alpha value is -3.00.